The van der Waals surface area contributed by atoms with Crippen molar-refractivity contribution in [3.8, 4) is 78.8 Å². The van der Waals surface area contributed by atoms with Gasteiger partial charge < -0.3 is 35.6 Å². The minimum atomic E-state index is -0.443. The second-order valence-electron chi connectivity index (χ2n) is 29.8. The maximum absolute atomic E-state index is 9.76. The largest absolute Gasteiger partial charge is 0.393 e. The summed E-state index contributed by atoms with van der Waals surface area (Å²) in [4.78, 5) is 28.1. The Morgan fingerprint density at radius 1 is 0.337 bits per heavy atom. The van der Waals surface area contributed by atoms with Gasteiger partial charge in [-0.2, -0.15) is 0 Å². The van der Waals surface area contributed by atoms with Gasteiger partial charge in [0.05, 0.1) is 59.5 Å². The average Bonchev–Trinajstić information content (AvgIpc) is 0.781. The SMILES string of the molecule is CC(C)(C)C(O)CC(O)C(C)(C)C.CC(O)CC(C)O.CC(O)CC(C)O.Cc1[c-]c(-c2cc(-c3c(C)cccc3C)ncn2)cc(C)c1.Cc1[c-]c(-c2ncc(-c3c(C)cccc3C)cn2)cc(C)c1.Cc1[c-]c(-c2ncc(-c3c(C)cccc3C)nc2-c2cc(C)cc(C)c2)cc(C)c1.[Ir].[Ir].[Ir]. The van der Waals surface area contributed by atoms with E-state index < -0.39 is 12.2 Å². The first-order chi connectivity index (χ1) is 47.2. The third-order valence-electron chi connectivity index (χ3n) is 16.9. The zero-order chi connectivity index (χ0) is 75.4. The molecule has 12 nitrogen and oxygen atoms in total. The Morgan fingerprint density at radius 3 is 1.07 bits per heavy atom. The number of aliphatic hydroxyl groups is 6. The summed E-state index contributed by atoms with van der Waals surface area (Å²) in [6.45, 7) is 48.0. The Balaban J connectivity index is 0.000000450. The van der Waals surface area contributed by atoms with Crippen molar-refractivity contribution in [2.24, 2.45) is 10.8 Å². The number of aliphatic hydroxyl groups excluding tert-OH is 6. The molecular weight excluding hydrogens is 1830 g/mol. The molecule has 7 aromatic carbocycles. The average molecular weight is 1940 g/mol. The Bertz CT molecular complexity index is 4130. The van der Waals surface area contributed by atoms with Crippen molar-refractivity contribution in [2.75, 3.05) is 0 Å². The molecule has 565 valence electrons. The first kappa shape index (κ1) is 93.6. The molecule has 104 heavy (non-hydrogen) atoms. The van der Waals surface area contributed by atoms with Gasteiger partial charge in [-0.05, 0) is 157 Å². The number of benzene rings is 7. The van der Waals surface area contributed by atoms with E-state index in [0.29, 0.717) is 19.3 Å². The second kappa shape index (κ2) is 43.3. The topological polar surface area (TPSA) is 199 Å². The number of aryl methyl sites for hydroxylation is 14. The van der Waals surface area contributed by atoms with E-state index in [1.807, 2.05) is 67.1 Å². The van der Waals surface area contributed by atoms with Gasteiger partial charge in [0.1, 0.15) is 6.33 Å². The Kier molecular flexibility index (Phi) is 39.0. The van der Waals surface area contributed by atoms with Crippen LogP contribution in [0.25, 0.3) is 78.8 Å². The normalized spacial score (nSPS) is 12.6. The molecule has 3 heterocycles. The molecule has 10 rings (SSSR count). The third-order valence-corrected chi connectivity index (χ3v) is 16.9. The number of aromatic nitrogens is 6. The van der Waals surface area contributed by atoms with Crippen LogP contribution in [0.15, 0.2) is 140 Å². The fraction of sp³-hybridized carbons (Fsp3) is 0.393. The Morgan fingerprint density at radius 2 is 0.683 bits per heavy atom. The molecule has 3 aromatic heterocycles. The number of rotatable bonds is 13. The standard InChI is InChI=1S/C28H27N2.2C20H19N2.C11H24O2.2C5H12O2.3Ir/c1-17-10-18(2)13-23(12-17)27-28(24-14-19(3)11-20(4)15-24)30-25(16-29-27)26-21(5)8-7-9-22(26)6;1-13-8-14(2)10-17(9-13)18-11-19(22-12-21-18)20-15(3)6-5-7-16(20)4;1-13-8-14(2)10-17(9-13)20-21-11-18(12-22-20)19-15(3)6-5-7-16(19)4;1-10(2,3)8(12)7-9(13)11(4,5)6;2*1-4(6)3-5(2)7;;;/h7-12,14-16H,1-6H3;2*5-9,11-12H,1-4H3;8-9,12-13H,7H2,1-6H3;2*4-7H,3H2,1-2H3;;;/q3*-1;;;;;;. The van der Waals surface area contributed by atoms with E-state index in [2.05, 4.69) is 243 Å². The summed E-state index contributed by atoms with van der Waals surface area (Å²) in [5, 5.41) is 53.8. The van der Waals surface area contributed by atoms with Crippen LogP contribution in [0.4, 0.5) is 0 Å². The number of nitrogens with zero attached hydrogens (tertiary/aromatic N) is 6. The van der Waals surface area contributed by atoms with E-state index in [1.54, 1.807) is 34.0 Å². The molecule has 6 N–H and O–H groups in total. The van der Waals surface area contributed by atoms with E-state index in [1.165, 1.54) is 72.3 Å². The maximum atomic E-state index is 9.76. The van der Waals surface area contributed by atoms with Crippen molar-refractivity contribution in [1.29, 1.82) is 0 Å². The molecule has 0 fully saturated rings. The molecular formula is C89H113Ir3N6O6-3. The summed E-state index contributed by atoms with van der Waals surface area (Å²) >= 11 is 0. The van der Waals surface area contributed by atoms with Gasteiger partial charge in [-0.15, -0.1) is 105 Å². The molecule has 0 saturated carbocycles. The predicted molar refractivity (Wildman–Crippen MR) is 418 cm³/mol. The zero-order valence-corrected chi connectivity index (χ0v) is 72.9. The smallest absolute Gasteiger partial charge is 0.106 e. The zero-order valence-electron chi connectivity index (χ0n) is 65.7. The van der Waals surface area contributed by atoms with Crippen molar-refractivity contribution in [2.45, 2.75) is 222 Å². The summed E-state index contributed by atoms with van der Waals surface area (Å²) in [5.41, 5.74) is 29.7. The molecule has 0 amide bonds. The van der Waals surface area contributed by atoms with E-state index >= 15 is 0 Å². The fourth-order valence-electron chi connectivity index (χ4n) is 11.9. The van der Waals surface area contributed by atoms with Gasteiger partial charge in [-0.1, -0.05) is 173 Å². The van der Waals surface area contributed by atoms with Gasteiger partial charge in [-0.3, -0.25) is 19.9 Å². The van der Waals surface area contributed by atoms with Crippen LogP contribution < -0.4 is 0 Å². The molecule has 6 atom stereocenters. The minimum Gasteiger partial charge on any atom is -0.393 e. The third kappa shape index (κ3) is 30.0. The summed E-state index contributed by atoms with van der Waals surface area (Å²) in [6.07, 6.45) is 6.37. The summed E-state index contributed by atoms with van der Waals surface area (Å²) in [6, 6.07) is 50.5. The Labute approximate surface area is 663 Å². The maximum Gasteiger partial charge on any atom is 0.106 e. The second-order valence-corrected chi connectivity index (χ2v) is 29.8. The molecule has 3 radical (unpaired) electrons. The Hall–Kier alpha value is -6.51. The van der Waals surface area contributed by atoms with Crippen LogP contribution >= 0.6 is 0 Å². The molecule has 0 aliphatic rings. The van der Waals surface area contributed by atoms with Crippen LogP contribution in [0.3, 0.4) is 0 Å². The van der Waals surface area contributed by atoms with Crippen molar-refractivity contribution in [3.05, 3.63) is 236 Å². The van der Waals surface area contributed by atoms with Crippen molar-refractivity contribution in [1.82, 2.24) is 29.9 Å². The van der Waals surface area contributed by atoms with Gasteiger partial charge in [0.25, 0.3) is 0 Å². The molecule has 6 unspecified atom stereocenters. The fourth-order valence-corrected chi connectivity index (χ4v) is 11.9. The first-order valence-corrected chi connectivity index (χ1v) is 35.1. The van der Waals surface area contributed by atoms with Crippen molar-refractivity contribution in [3.63, 3.8) is 0 Å². The van der Waals surface area contributed by atoms with E-state index in [4.69, 9.17) is 30.4 Å². The molecule has 0 aliphatic carbocycles. The summed E-state index contributed by atoms with van der Waals surface area (Å²) < 4.78 is 0. The van der Waals surface area contributed by atoms with Gasteiger partial charge in [-0.25, -0.2) is 4.98 Å². The van der Waals surface area contributed by atoms with Crippen LogP contribution in [0.1, 0.15) is 166 Å². The van der Waals surface area contributed by atoms with Gasteiger partial charge in [0, 0.05) is 108 Å². The molecule has 10 aromatic rings. The summed E-state index contributed by atoms with van der Waals surface area (Å²) in [7, 11) is 0. The monoisotopic (exact) mass is 1940 g/mol. The van der Waals surface area contributed by atoms with Gasteiger partial charge in [0.15, 0.2) is 0 Å². The molecule has 0 saturated heterocycles. The first-order valence-electron chi connectivity index (χ1n) is 35.1. The number of hydrogen-bond acceptors (Lipinski definition) is 12. The summed E-state index contributed by atoms with van der Waals surface area (Å²) in [5.74, 6) is 0.724. The van der Waals surface area contributed by atoms with Crippen LogP contribution in [-0.4, -0.2) is 97.2 Å². The van der Waals surface area contributed by atoms with Crippen molar-refractivity contribution < 1.29 is 91.0 Å². The quantitative estimate of drug-likeness (QED) is 0.0598. The molecule has 15 heteroatoms. The van der Waals surface area contributed by atoms with E-state index in [9.17, 15) is 10.2 Å². The van der Waals surface area contributed by atoms with Crippen molar-refractivity contribution >= 4 is 0 Å². The molecule has 0 aliphatic heterocycles. The van der Waals surface area contributed by atoms with E-state index in [0.717, 1.165) is 84.4 Å². The molecule has 0 bridgehead atoms. The van der Waals surface area contributed by atoms with Crippen LogP contribution in [0, 0.1) is 126 Å². The van der Waals surface area contributed by atoms with Gasteiger partial charge >= 0.3 is 0 Å². The van der Waals surface area contributed by atoms with Crippen LogP contribution in [0.5, 0.6) is 0 Å². The molecule has 0 spiro atoms. The van der Waals surface area contributed by atoms with Gasteiger partial charge in [0.2, 0.25) is 0 Å². The van der Waals surface area contributed by atoms with Crippen LogP contribution in [0.2, 0.25) is 0 Å². The van der Waals surface area contributed by atoms with Crippen LogP contribution in [-0.2, 0) is 60.3 Å². The predicted octanol–water partition coefficient (Wildman–Crippen LogP) is 19.3. The van der Waals surface area contributed by atoms with E-state index in [-0.39, 0.29) is 95.6 Å². The number of hydrogen-bond donors (Lipinski definition) is 6. The minimum absolute atomic E-state index is 0.